The average Bonchev–Trinajstić information content (AvgIpc) is 2.84. The summed E-state index contributed by atoms with van der Waals surface area (Å²) >= 11 is 0. The molecule has 0 bridgehead atoms. The van der Waals surface area contributed by atoms with Gasteiger partial charge in [-0.2, -0.15) is 0 Å². The molecule has 0 saturated heterocycles. The van der Waals surface area contributed by atoms with Gasteiger partial charge in [0.25, 0.3) is 0 Å². The van der Waals surface area contributed by atoms with Crippen molar-refractivity contribution in [3.8, 4) is 0 Å². The molecule has 1 aliphatic rings. The molecule has 34 heavy (non-hydrogen) atoms. The molecule has 0 aliphatic carbocycles. The Hall–Kier alpha value is -3.55. The van der Waals surface area contributed by atoms with Crippen LogP contribution in [0.15, 0.2) is 66.7 Å². The number of carbonyl (C=O) groups excluding carboxylic acids is 1. The molecule has 0 radical (unpaired) electrons. The highest BCUT2D eigenvalue weighted by Gasteiger charge is 2.39. The summed E-state index contributed by atoms with van der Waals surface area (Å²) in [5, 5.41) is 13.0. The molecule has 0 amide bonds. The quantitative estimate of drug-likeness (QED) is 0.415. The predicted octanol–water partition coefficient (Wildman–Crippen LogP) is 5.73. The number of aromatic carboxylic acids is 1. The number of anilines is 1. The summed E-state index contributed by atoms with van der Waals surface area (Å²) in [6.07, 6.45) is -0.489. The fraction of sp³-hybridized carbons (Fsp3) is 0.259. The van der Waals surface area contributed by atoms with Gasteiger partial charge >= 0.3 is 5.97 Å². The van der Waals surface area contributed by atoms with Gasteiger partial charge in [0.15, 0.2) is 12.1 Å². The standard InChI is InChI=1S/C27H26FNO5/c1-3-33-27(34-4-2)18-10-8-17(9-11-18)24-22(16-12-14-19(28)15-13-16)25(30)23-20(26(31)32)6-5-7-21(23)29-24/h5-15,22,24,27,29H,3-4H2,1-2H3,(H,31,32). The number of hydrogen-bond acceptors (Lipinski definition) is 5. The van der Waals surface area contributed by atoms with E-state index in [1.165, 1.54) is 18.2 Å². The summed E-state index contributed by atoms with van der Waals surface area (Å²) in [5.74, 6) is -2.65. The second-order valence-electron chi connectivity index (χ2n) is 7.96. The summed E-state index contributed by atoms with van der Waals surface area (Å²) < 4.78 is 25.0. The summed E-state index contributed by atoms with van der Waals surface area (Å²) in [7, 11) is 0. The number of rotatable bonds is 8. The number of halogens is 1. The molecule has 3 aromatic carbocycles. The monoisotopic (exact) mass is 463 g/mol. The molecule has 0 fully saturated rings. The lowest BCUT2D eigenvalue weighted by molar-refractivity contribution is -0.140. The zero-order valence-corrected chi connectivity index (χ0v) is 19.0. The average molecular weight is 464 g/mol. The zero-order chi connectivity index (χ0) is 24.2. The molecule has 4 rings (SSSR count). The number of carboxylic acids is 1. The largest absolute Gasteiger partial charge is 0.478 e. The van der Waals surface area contributed by atoms with E-state index in [-0.39, 0.29) is 16.9 Å². The van der Waals surface area contributed by atoms with Gasteiger partial charge in [-0.25, -0.2) is 9.18 Å². The van der Waals surface area contributed by atoms with Crippen molar-refractivity contribution >= 4 is 17.4 Å². The molecular formula is C27H26FNO5. The first-order valence-corrected chi connectivity index (χ1v) is 11.2. The van der Waals surface area contributed by atoms with Gasteiger partial charge in [0, 0.05) is 24.5 Å². The summed E-state index contributed by atoms with van der Waals surface area (Å²) in [4.78, 5) is 25.5. The summed E-state index contributed by atoms with van der Waals surface area (Å²) in [5.41, 5.74) is 2.79. The Morgan fingerprint density at radius 1 is 0.971 bits per heavy atom. The Morgan fingerprint density at radius 3 is 2.18 bits per heavy atom. The van der Waals surface area contributed by atoms with E-state index in [2.05, 4.69) is 5.32 Å². The molecule has 176 valence electrons. The molecule has 1 heterocycles. The Balaban J connectivity index is 1.78. The van der Waals surface area contributed by atoms with Crippen molar-refractivity contribution in [2.45, 2.75) is 32.1 Å². The third-order valence-corrected chi connectivity index (χ3v) is 5.90. The van der Waals surface area contributed by atoms with Crippen LogP contribution in [0.5, 0.6) is 0 Å². The van der Waals surface area contributed by atoms with Crippen LogP contribution < -0.4 is 5.32 Å². The third-order valence-electron chi connectivity index (χ3n) is 5.90. The Bertz CT molecular complexity index is 1170. The normalized spacial score (nSPS) is 17.4. The number of ether oxygens (including phenoxy) is 2. The Labute approximate surface area is 197 Å². The molecule has 2 N–H and O–H groups in total. The van der Waals surface area contributed by atoms with Gasteiger partial charge in [0.05, 0.1) is 23.1 Å². The topological polar surface area (TPSA) is 84.9 Å². The van der Waals surface area contributed by atoms with Crippen molar-refractivity contribution in [3.05, 3.63) is 100 Å². The van der Waals surface area contributed by atoms with Crippen LogP contribution >= 0.6 is 0 Å². The minimum atomic E-state index is -1.18. The van der Waals surface area contributed by atoms with Gasteiger partial charge in [0.1, 0.15) is 5.82 Å². The van der Waals surface area contributed by atoms with Gasteiger partial charge in [0.2, 0.25) is 0 Å². The molecule has 3 aromatic rings. The van der Waals surface area contributed by atoms with E-state index in [0.717, 1.165) is 11.1 Å². The highest BCUT2D eigenvalue weighted by Crippen LogP contribution is 2.43. The fourth-order valence-electron chi connectivity index (χ4n) is 4.37. The minimum Gasteiger partial charge on any atom is -0.478 e. The van der Waals surface area contributed by atoms with E-state index in [1.807, 2.05) is 38.1 Å². The second kappa shape index (κ2) is 10.2. The van der Waals surface area contributed by atoms with E-state index < -0.39 is 30.0 Å². The van der Waals surface area contributed by atoms with Crippen LogP contribution in [0.2, 0.25) is 0 Å². The van der Waals surface area contributed by atoms with Crippen LogP contribution in [-0.2, 0) is 9.47 Å². The van der Waals surface area contributed by atoms with Gasteiger partial charge in [-0.15, -0.1) is 0 Å². The highest BCUT2D eigenvalue weighted by atomic mass is 19.1. The van der Waals surface area contributed by atoms with Crippen LogP contribution in [0.25, 0.3) is 0 Å². The van der Waals surface area contributed by atoms with E-state index in [9.17, 15) is 19.1 Å². The Kier molecular flexibility index (Phi) is 7.05. The Morgan fingerprint density at radius 2 is 1.59 bits per heavy atom. The second-order valence-corrected chi connectivity index (χ2v) is 7.96. The van der Waals surface area contributed by atoms with Gasteiger partial charge < -0.3 is 19.9 Å². The van der Waals surface area contributed by atoms with Crippen LogP contribution in [0.1, 0.15) is 69.5 Å². The molecular weight excluding hydrogens is 437 g/mol. The van der Waals surface area contributed by atoms with Gasteiger partial charge in [-0.3, -0.25) is 4.79 Å². The van der Waals surface area contributed by atoms with Crippen molar-refractivity contribution in [1.29, 1.82) is 0 Å². The van der Waals surface area contributed by atoms with Crippen LogP contribution in [-0.4, -0.2) is 30.1 Å². The van der Waals surface area contributed by atoms with Crippen LogP contribution in [0.4, 0.5) is 10.1 Å². The molecule has 6 nitrogen and oxygen atoms in total. The first kappa shape index (κ1) is 23.6. The van der Waals surface area contributed by atoms with Crippen LogP contribution in [0.3, 0.4) is 0 Å². The molecule has 2 atom stereocenters. The van der Waals surface area contributed by atoms with Crippen molar-refractivity contribution in [3.63, 3.8) is 0 Å². The lowest BCUT2D eigenvalue weighted by atomic mass is 9.77. The lowest BCUT2D eigenvalue weighted by Gasteiger charge is -2.35. The van der Waals surface area contributed by atoms with Crippen molar-refractivity contribution in [2.24, 2.45) is 0 Å². The summed E-state index contributed by atoms with van der Waals surface area (Å²) in [6, 6.07) is 17.5. The zero-order valence-electron chi connectivity index (χ0n) is 19.0. The first-order valence-electron chi connectivity index (χ1n) is 11.2. The molecule has 0 saturated carbocycles. The van der Waals surface area contributed by atoms with E-state index >= 15 is 0 Å². The number of fused-ring (bicyclic) bond motifs is 1. The maximum absolute atomic E-state index is 13.7. The first-order chi connectivity index (χ1) is 16.4. The molecule has 2 unspecified atom stereocenters. The highest BCUT2D eigenvalue weighted by molar-refractivity contribution is 6.14. The fourth-order valence-corrected chi connectivity index (χ4v) is 4.37. The number of nitrogens with one attached hydrogen (secondary N) is 1. The SMILES string of the molecule is CCOC(OCC)c1ccc(C2Nc3cccc(C(=O)O)c3C(=O)C2c2ccc(F)cc2)cc1. The summed E-state index contributed by atoms with van der Waals surface area (Å²) in [6.45, 7) is 4.79. The van der Waals surface area contributed by atoms with Crippen molar-refractivity contribution in [1.82, 2.24) is 0 Å². The predicted molar refractivity (Wildman–Crippen MR) is 126 cm³/mol. The van der Waals surface area contributed by atoms with Gasteiger partial charge in [-0.05, 0) is 49.2 Å². The molecule has 7 heteroatoms. The molecule has 1 aliphatic heterocycles. The maximum Gasteiger partial charge on any atom is 0.336 e. The number of ketones is 1. The van der Waals surface area contributed by atoms with E-state index in [0.29, 0.717) is 24.5 Å². The van der Waals surface area contributed by atoms with E-state index in [1.54, 1.807) is 24.3 Å². The smallest absolute Gasteiger partial charge is 0.336 e. The number of carbonyl (C=O) groups is 2. The van der Waals surface area contributed by atoms with Crippen molar-refractivity contribution < 1.29 is 28.6 Å². The number of benzene rings is 3. The molecule has 0 spiro atoms. The number of Topliss-reactive ketones (excluding diaryl/α,β-unsaturated/α-hetero) is 1. The number of carboxylic acid groups (broad SMARTS) is 1. The van der Waals surface area contributed by atoms with Crippen LogP contribution in [0, 0.1) is 5.82 Å². The van der Waals surface area contributed by atoms with E-state index in [4.69, 9.17) is 9.47 Å². The maximum atomic E-state index is 13.7. The number of hydrogen-bond donors (Lipinski definition) is 2. The molecule has 0 aromatic heterocycles. The van der Waals surface area contributed by atoms with Crippen molar-refractivity contribution in [2.75, 3.05) is 18.5 Å². The third kappa shape index (κ3) is 4.58. The lowest BCUT2D eigenvalue weighted by Crippen LogP contribution is -2.33. The van der Waals surface area contributed by atoms with Gasteiger partial charge in [-0.1, -0.05) is 42.5 Å². The minimum absolute atomic E-state index is 0.0628.